The molecule has 0 spiro atoms. The van der Waals surface area contributed by atoms with E-state index in [-0.39, 0.29) is 17.4 Å². The molecule has 3 nitrogen and oxygen atoms in total. The van der Waals surface area contributed by atoms with E-state index in [2.05, 4.69) is 6.92 Å². The molecule has 140 valence electrons. The number of aryl methyl sites for hydroxylation is 1. The van der Waals surface area contributed by atoms with E-state index in [1.807, 2.05) is 36.4 Å². The number of benzene rings is 3. The van der Waals surface area contributed by atoms with E-state index in [1.165, 1.54) is 5.56 Å². The van der Waals surface area contributed by atoms with Gasteiger partial charge in [0.1, 0.15) is 17.2 Å². The minimum absolute atomic E-state index is 0.209. The largest absolute Gasteiger partial charge is 0.508 e. The minimum Gasteiger partial charge on any atom is -0.508 e. The van der Waals surface area contributed by atoms with E-state index >= 15 is 0 Å². The van der Waals surface area contributed by atoms with Crippen LogP contribution in [0.1, 0.15) is 42.4 Å². The van der Waals surface area contributed by atoms with Gasteiger partial charge >= 0.3 is 0 Å². The quantitative estimate of drug-likeness (QED) is 0.513. The zero-order valence-corrected chi connectivity index (χ0v) is 15.5. The molecule has 0 fully saturated rings. The minimum atomic E-state index is 0.209. The van der Waals surface area contributed by atoms with Crippen molar-refractivity contribution in [3.05, 3.63) is 89.5 Å². The van der Waals surface area contributed by atoms with Gasteiger partial charge in [-0.3, -0.25) is 0 Å². The van der Waals surface area contributed by atoms with Crippen LogP contribution >= 0.6 is 0 Å². The lowest BCUT2D eigenvalue weighted by molar-refractivity contribution is 0.460. The van der Waals surface area contributed by atoms with Gasteiger partial charge in [-0.2, -0.15) is 0 Å². The molecule has 3 aromatic rings. The highest BCUT2D eigenvalue weighted by atomic mass is 16.3. The molecule has 0 heterocycles. The third kappa shape index (κ3) is 5.27. The number of hydrogen-bond donors (Lipinski definition) is 3. The fraction of sp³-hybridized carbons (Fsp3) is 0.250. The van der Waals surface area contributed by atoms with Gasteiger partial charge in [-0.25, -0.2) is 0 Å². The predicted octanol–water partition coefficient (Wildman–Crippen LogP) is 5.59. The van der Waals surface area contributed by atoms with Crippen molar-refractivity contribution in [1.29, 1.82) is 0 Å². The molecule has 1 atom stereocenters. The summed E-state index contributed by atoms with van der Waals surface area (Å²) in [5.74, 6) is 1.53. The monoisotopic (exact) mass is 362 g/mol. The molecule has 0 saturated heterocycles. The van der Waals surface area contributed by atoms with Crippen LogP contribution in [0, 0.1) is 5.92 Å². The first-order valence-corrected chi connectivity index (χ1v) is 9.37. The Morgan fingerprint density at radius 3 is 1.48 bits per heavy atom. The maximum Gasteiger partial charge on any atom is 0.115 e. The molecule has 0 amide bonds. The molecular formula is C24H26O3. The summed E-state index contributed by atoms with van der Waals surface area (Å²) in [6.07, 6.45) is 3.00. The second kappa shape index (κ2) is 8.63. The fourth-order valence-electron chi connectivity index (χ4n) is 3.47. The molecule has 3 heteroatoms. The molecule has 27 heavy (non-hydrogen) atoms. The third-order valence-electron chi connectivity index (χ3n) is 5.09. The summed E-state index contributed by atoms with van der Waals surface area (Å²) in [5.41, 5.74) is 3.55. The number of phenolic OH excluding ortho intramolecular Hbond substituents is 3. The Balaban J connectivity index is 1.73. The molecule has 0 bridgehead atoms. The Bertz CT molecular complexity index is 791. The summed E-state index contributed by atoms with van der Waals surface area (Å²) in [7, 11) is 0. The standard InChI is InChI=1S/C24H26O3/c1-17(2-3-18-4-10-21(25)11-5-18)16-24(19-6-12-22(26)13-7-19)20-8-14-23(27)15-9-20/h4-15,17,24-27H,2-3,16H2,1H3. The lowest BCUT2D eigenvalue weighted by Gasteiger charge is -2.22. The molecule has 0 saturated carbocycles. The van der Waals surface area contributed by atoms with E-state index in [0.29, 0.717) is 11.7 Å². The van der Waals surface area contributed by atoms with Crippen molar-refractivity contribution >= 4 is 0 Å². The van der Waals surface area contributed by atoms with Crippen molar-refractivity contribution < 1.29 is 15.3 Å². The van der Waals surface area contributed by atoms with Gasteiger partial charge in [0.2, 0.25) is 0 Å². The first kappa shape index (κ1) is 18.8. The Labute approximate surface area is 160 Å². The van der Waals surface area contributed by atoms with Gasteiger partial charge in [-0.05, 0) is 78.3 Å². The average molecular weight is 362 g/mol. The second-order valence-corrected chi connectivity index (χ2v) is 7.28. The molecule has 3 rings (SSSR count). The molecule has 3 aromatic carbocycles. The number of aromatic hydroxyl groups is 3. The molecule has 1 unspecified atom stereocenters. The lowest BCUT2D eigenvalue weighted by Crippen LogP contribution is -2.08. The Kier molecular flexibility index (Phi) is 6.02. The molecule has 0 radical (unpaired) electrons. The van der Waals surface area contributed by atoms with Crippen molar-refractivity contribution in [2.75, 3.05) is 0 Å². The lowest BCUT2D eigenvalue weighted by atomic mass is 9.82. The molecular weight excluding hydrogens is 336 g/mol. The summed E-state index contributed by atoms with van der Waals surface area (Å²) < 4.78 is 0. The van der Waals surface area contributed by atoms with Gasteiger partial charge in [0.15, 0.2) is 0 Å². The van der Waals surface area contributed by atoms with Crippen molar-refractivity contribution in [3.63, 3.8) is 0 Å². The van der Waals surface area contributed by atoms with Crippen LogP contribution in [0.25, 0.3) is 0 Å². The second-order valence-electron chi connectivity index (χ2n) is 7.28. The van der Waals surface area contributed by atoms with Crippen molar-refractivity contribution in [2.45, 2.75) is 32.1 Å². The highest BCUT2D eigenvalue weighted by Gasteiger charge is 2.18. The zero-order chi connectivity index (χ0) is 19.2. The summed E-state index contributed by atoms with van der Waals surface area (Å²) in [6, 6.07) is 22.2. The van der Waals surface area contributed by atoms with Crippen LogP contribution in [0.3, 0.4) is 0 Å². The number of hydrogen-bond acceptors (Lipinski definition) is 3. The van der Waals surface area contributed by atoms with E-state index in [9.17, 15) is 15.3 Å². The predicted molar refractivity (Wildman–Crippen MR) is 108 cm³/mol. The third-order valence-corrected chi connectivity index (χ3v) is 5.09. The highest BCUT2D eigenvalue weighted by Crippen LogP contribution is 2.34. The zero-order valence-electron chi connectivity index (χ0n) is 15.5. The van der Waals surface area contributed by atoms with Gasteiger partial charge in [0.25, 0.3) is 0 Å². The van der Waals surface area contributed by atoms with Crippen LogP contribution < -0.4 is 0 Å². The normalized spacial score (nSPS) is 12.2. The van der Waals surface area contributed by atoms with Gasteiger partial charge in [-0.1, -0.05) is 43.3 Å². The first-order valence-electron chi connectivity index (χ1n) is 9.37. The average Bonchev–Trinajstić information content (AvgIpc) is 2.67. The summed E-state index contributed by atoms with van der Waals surface area (Å²) in [5, 5.41) is 28.6. The van der Waals surface area contributed by atoms with E-state index in [4.69, 9.17) is 0 Å². The highest BCUT2D eigenvalue weighted by molar-refractivity contribution is 5.37. The van der Waals surface area contributed by atoms with Crippen LogP contribution in [-0.2, 0) is 6.42 Å². The van der Waals surface area contributed by atoms with Gasteiger partial charge in [0.05, 0.1) is 0 Å². The smallest absolute Gasteiger partial charge is 0.115 e. The van der Waals surface area contributed by atoms with E-state index < -0.39 is 0 Å². The molecule has 0 aliphatic rings. The fourth-order valence-corrected chi connectivity index (χ4v) is 3.47. The van der Waals surface area contributed by atoms with Crippen LogP contribution in [-0.4, -0.2) is 15.3 Å². The summed E-state index contributed by atoms with van der Waals surface area (Å²) in [4.78, 5) is 0. The van der Waals surface area contributed by atoms with Gasteiger partial charge in [0, 0.05) is 5.92 Å². The molecule has 0 aliphatic heterocycles. The SMILES string of the molecule is CC(CCc1ccc(O)cc1)CC(c1ccc(O)cc1)c1ccc(O)cc1. The van der Waals surface area contributed by atoms with E-state index in [1.54, 1.807) is 36.4 Å². The van der Waals surface area contributed by atoms with Crippen LogP contribution in [0.4, 0.5) is 0 Å². The molecule has 0 aliphatic carbocycles. The van der Waals surface area contributed by atoms with Crippen LogP contribution in [0.15, 0.2) is 72.8 Å². The molecule has 3 N–H and O–H groups in total. The van der Waals surface area contributed by atoms with Crippen LogP contribution in [0.2, 0.25) is 0 Å². The summed E-state index contributed by atoms with van der Waals surface area (Å²) in [6.45, 7) is 2.26. The number of phenols is 3. The first-order chi connectivity index (χ1) is 13.0. The maximum absolute atomic E-state index is 9.61. The Morgan fingerprint density at radius 1 is 0.630 bits per heavy atom. The Hall–Kier alpha value is -2.94. The van der Waals surface area contributed by atoms with Crippen molar-refractivity contribution in [2.24, 2.45) is 5.92 Å². The van der Waals surface area contributed by atoms with Crippen molar-refractivity contribution in [1.82, 2.24) is 0 Å². The van der Waals surface area contributed by atoms with E-state index in [0.717, 1.165) is 30.4 Å². The van der Waals surface area contributed by atoms with Gasteiger partial charge < -0.3 is 15.3 Å². The van der Waals surface area contributed by atoms with Crippen LogP contribution in [0.5, 0.6) is 17.2 Å². The summed E-state index contributed by atoms with van der Waals surface area (Å²) >= 11 is 0. The topological polar surface area (TPSA) is 60.7 Å². The number of rotatable bonds is 7. The van der Waals surface area contributed by atoms with Gasteiger partial charge in [-0.15, -0.1) is 0 Å². The molecule has 0 aromatic heterocycles. The maximum atomic E-state index is 9.61. The van der Waals surface area contributed by atoms with Crippen molar-refractivity contribution in [3.8, 4) is 17.2 Å². The Morgan fingerprint density at radius 2 is 1.04 bits per heavy atom.